The number of carbonyl (C=O) groups is 2. The molecule has 0 saturated carbocycles. The average Bonchev–Trinajstić information content (AvgIpc) is 2.94. The van der Waals surface area contributed by atoms with Crippen LogP contribution in [-0.2, 0) is 11.2 Å². The quantitative estimate of drug-likeness (QED) is 0.889. The van der Waals surface area contributed by atoms with Crippen molar-refractivity contribution in [2.24, 2.45) is 0 Å². The van der Waals surface area contributed by atoms with Crippen LogP contribution in [0.5, 0.6) is 0 Å². The van der Waals surface area contributed by atoms with Gasteiger partial charge in [0.15, 0.2) is 6.04 Å². The fourth-order valence-corrected chi connectivity index (χ4v) is 2.68. The van der Waals surface area contributed by atoms with Crippen molar-refractivity contribution in [3.05, 3.63) is 57.8 Å². The molecule has 2 rings (SSSR count). The molecule has 20 heavy (non-hydrogen) atoms. The minimum absolute atomic E-state index is 0.356. The average molecular weight is 289 g/mol. The molecule has 1 heterocycles. The number of carboxylic acid groups (broad SMARTS) is 1. The molecule has 4 nitrogen and oxygen atoms in total. The first-order valence-corrected chi connectivity index (χ1v) is 7.10. The van der Waals surface area contributed by atoms with Crippen molar-refractivity contribution in [3.8, 4) is 0 Å². The molecule has 0 aliphatic carbocycles. The summed E-state index contributed by atoms with van der Waals surface area (Å²) in [4.78, 5) is 25.0. The molecule has 0 bridgehead atoms. The smallest absolute Gasteiger partial charge is 0.330 e. The molecule has 0 spiro atoms. The van der Waals surface area contributed by atoms with E-state index in [1.165, 1.54) is 11.3 Å². The third-order valence-electron chi connectivity index (χ3n) is 2.89. The van der Waals surface area contributed by atoms with Crippen LogP contribution in [0.2, 0.25) is 0 Å². The predicted octanol–water partition coefficient (Wildman–Crippen LogP) is 2.87. The van der Waals surface area contributed by atoms with E-state index < -0.39 is 12.0 Å². The summed E-state index contributed by atoms with van der Waals surface area (Å²) < 4.78 is 0. The third kappa shape index (κ3) is 3.24. The van der Waals surface area contributed by atoms with Gasteiger partial charge < -0.3 is 10.4 Å². The van der Waals surface area contributed by atoms with E-state index in [1.807, 2.05) is 13.0 Å². The lowest BCUT2D eigenvalue weighted by molar-refractivity contribution is -0.139. The molecule has 5 heteroatoms. The molecule has 1 atom stereocenters. The molecule has 2 N–H and O–H groups in total. The molecule has 0 radical (unpaired) electrons. The number of carboxylic acids is 1. The van der Waals surface area contributed by atoms with Gasteiger partial charge in [-0.25, -0.2) is 4.79 Å². The Balaban J connectivity index is 2.16. The molecule has 0 saturated heterocycles. The number of carbonyl (C=O) groups excluding carboxylic acids is 1. The van der Waals surface area contributed by atoms with E-state index in [9.17, 15) is 14.7 Å². The van der Waals surface area contributed by atoms with Crippen LogP contribution in [0, 0.1) is 0 Å². The van der Waals surface area contributed by atoms with Gasteiger partial charge >= 0.3 is 5.97 Å². The number of thiophene rings is 1. The summed E-state index contributed by atoms with van der Waals surface area (Å²) in [5, 5.41) is 11.8. The zero-order valence-electron chi connectivity index (χ0n) is 11.0. The van der Waals surface area contributed by atoms with E-state index in [-0.39, 0.29) is 5.91 Å². The second kappa shape index (κ2) is 6.34. The Hall–Kier alpha value is -2.14. The highest BCUT2D eigenvalue weighted by Gasteiger charge is 2.23. The summed E-state index contributed by atoms with van der Waals surface area (Å²) in [6.45, 7) is 2.01. The van der Waals surface area contributed by atoms with Crippen LogP contribution in [0.1, 0.15) is 33.1 Å². The number of benzene rings is 1. The van der Waals surface area contributed by atoms with Gasteiger partial charge in [0.25, 0.3) is 5.91 Å². The van der Waals surface area contributed by atoms with Crippen molar-refractivity contribution in [1.82, 2.24) is 5.32 Å². The zero-order valence-corrected chi connectivity index (χ0v) is 11.8. The van der Waals surface area contributed by atoms with Crippen molar-refractivity contribution >= 4 is 23.2 Å². The molecule has 0 unspecified atom stereocenters. The van der Waals surface area contributed by atoms with Crippen molar-refractivity contribution in [2.45, 2.75) is 19.4 Å². The fraction of sp³-hybridized carbons (Fsp3) is 0.200. The summed E-state index contributed by atoms with van der Waals surface area (Å²) >= 11 is 1.38. The van der Waals surface area contributed by atoms with E-state index in [0.717, 1.165) is 11.3 Å². The van der Waals surface area contributed by atoms with Gasteiger partial charge in [-0.2, -0.15) is 0 Å². The number of rotatable bonds is 5. The first-order valence-electron chi connectivity index (χ1n) is 6.29. The van der Waals surface area contributed by atoms with E-state index in [4.69, 9.17) is 0 Å². The molecule has 0 aliphatic rings. The topological polar surface area (TPSA) is 66.4 Å². The second-order valence-electron chi connectivity index (χ2n) is 4.27. The normalized spacial score (nSPS) is 11.8. The largest absolute Gasteiger partial charge is 0.479 e. The van der Waals surface area contributed by atoms with Gasteiger partial charge in [0.1, 0.15) is 0 Å². The zero-order chi connectivity index (χ0) is 14.5. The summed E-state index contributed by atoms with van der Waals surface area (Å²) in [7, 11) is 0. The minimum atomic E-state index is -1.07. The molecule has 2 aromatic rings. The maximum absolute atomic E-state index is 12.1. The number of hydrogen-bond donors (Lipinski definition) is 2. The third-order valence-corrected chi connectivity index (χ3v) is 4.12. The van der Waals surface area contributed by atoms with E-state index >= 15 is 0 Å². The van der Waals surface area contributed by atoms with Crippen LogP contribution >= 0.6 is 11.3 Å². The first kappa shape index (κ1) is 14.3. The molecular formula is C15H15NO3S. The van der Waals surface area contributed by atoms with Crippen LogP contribution in [0.3, 0.4) is 0 Å². The number of hydrogen-bond acceptors (Lipinski definition) is 3. The Morgan fingerprint density at radius 2 is 1.90 bits per heavy atom. The molecule has 0 fully saturated rings. The van der Waals surface area contributed by atoms with Crippen LogP contribution in [0.25, 0.3) is 0 Å². The van der Waals surface area contributed by atoms with Gasteiger partial charge in [-0.3, -0.25) is 4.79 Å². The van der Waals surface area contributed by atoms with Gasteiger partial charge in [-0.05, 0) is 24.1 Å². The van der Waals surface area contributed by atoms with Gasteiger partial charge in [0.05, 0.1) is 4.88 Å². The van der Waals surface area contributed by atoms with E-state index in [0.29, 0.717) is 10.4 Å². The maximum atomic E-state index is 12.1. The molecule has 1 aromatic carbocycles. The molecule has 104 valence electrons. The summed E-state index contributed by atoms with van der Waals surface area (Å²) in [5.41, 5.74) is 0.556. The van der Waals surface area contributed by atoms with Crippen molar-refractivity contribution in [3.63, 3.8) is 0 Å². The minimum Gasteiger partial charge on any atom is -0.479 e. The number of amides is 1. The second-order valence-corrected chi connectivity index (χ2v) is 5.44. The Bertz CT molecular complexity index is 607. The Labute approximate surface area is 121 Å². The standard InChI is InChI=1S/C15H15NO3S/c1-2-11-8-9-12(20-11)14(17)16-13(15(18)19)10-6-4-3-5-7-10/h3-9,13H,2H2,1H3,(H,16,17)(H,18,19)/t13-/m1/s1. The highest BCUT2D eigenvalue weighted by Crippen LogP contribution is 2.19. The van der Waals surface area contributed by atoms with Gasteiger partial charge in [-0.15, -0.1) is 11.3 Å². The lowest BCUT2D eigenvalue weighted by atomic mass is 10.1. The van der Waals surface area contributed by atoms with Gasteiger partial charge in [-0.1, -0.05) is 37.3 Å². The number of aryl methyl sites for hydroxylation is 1. The van der Waals surface area contributed by atoms with E-state index in [1.54, 1.807) is 36.4 Å². The number of nitrogens with one attached hydrogen (secondary N) is 1. The lowest BCUT2D eigenvalue weighted by Gasteiger charge is -2.14. The molecule has 1 aromatic heterocycles. The van der Waals surface area contributed by atoms with E-state index in [2.05, 4.69) is 5.32 Å². The molecule has 0 aliphatic heterocycles. The van der Waals surface area contributed by atoms with Crippen LogP contribution in [0.4, 0.5) is 0 Å². The van der Waals surface area contributed by atoms with Crippen molar-refractivity contribution in [2.75, 3.05) is 0 Å². The lowest BCUT2D eigenvalue weighted by Crippen LogP contribution is -2.33. The van der Waals surface area contributed by atoms with Gasteiger partial charge in [0.2, 0.25) is 0 Å². The van der Waals surface area contributed by atoms with Gasteiger partial charge in [0, 0.05) is 4.88 Å². The first-order chi connectivity index (χ1) is 9.61. The Kier molecular flexibility index (Phi) is 4.53. The highest BCUT2D eigenvalue weighted by atomic mass is 32.1. The van der Waals surface area contributed by atoms with Crippen LogP contribution in [0.15, 0.2) is 42.5 Å². The summed E-state index contributed by atoms with van der Waals surface area (Å²) in [5.74, 6) is -1.43. The Morgan fingerprint density at radius 3 is 2.45 bits per heavy atom. The molecule has 1 amide bonds. The fourth-order valence-electron chi connectivity index (χ4n) is 1.83. The molecular weight excluding hydrogens is 274 g/mol. The summed E-state index contributed by atoms with van der Waals surface area (Å²) in [6.07, 6.45) is 0.860. The SMILES string of the molecule is CCc1ccc(C(=O)N[C@@H](C(=O)O)c2ccccc2)s1. The van der Waals surface area contributed by atoms with Crippen LogP contribution < -0.4 is 5.32 Å². The monoisotopic (exact) mass is 289 g/mol. The Morgan fingerprint density at radius 1 is 1.20 bits per heavy atom. The van der Waals surface area contributed by atoms with Crippen molar-refractivity contribution < 1.29 is 14.7 Å². The predicted molar refractivity (Wildman–Crippen MR) is 78.0 cm³/mol. The van der Waals surface area contributed by atoms with Crippen molar-refractivity contribution in [1.29, 1.82) is 0 Å². The number of aliphatic carboxylic acids is 1. The maximum Gasteiger partial charge on any atom is 0.330 e. The highest BCUT2D eigenvalue weighted by molar-refractivity contribution is 7.14. The summed E-state index contributed by atoms with van der Waals surface area (Å²) in [6, 6.07) is 11.2. The van der Waals surface area contributed by atoms with Crippen LogP contribution in [-0.4, -0.2) is 17.0 Å².